The van der Waals surface area contributed by atoms with Crippen LogP contribution in [0.4, 0.5) is 0 Å². The number of rotatable bonds is 2. The van der Waals surface area contributed by atoms with Gasteiger partial charge in [0, 0.05) is 6.61 Å². The minimum atomic E-state index is -3.97. The van der Waals surface area contributed by atoms with Gasteiger partial charge in [-0.1, -0.05) is 70.6 Å². The van der Waals surface area contributed by atoms with Crippen molar-refractivity contribution in [1.29, 1.82) is 0 Å². The highest BCUT2D eigenvalue weighted by Crippen LogP contribution is 2.36. The molecule has 1 saturated heterocycles. The van der Waals surface area contributed by atoms with E-state index in [9.17, 15) is 4.57 Å². The average molecular weight is 320 g/mol. The molecule has 0 radical (unpaired) electrons. The molecule has 1 unspecified atom stereocenters. The van der Waals surface area contributed by atoms with Crippen LogP contribution in [0.3, 0.4) is 0 Å². The van der Waals surface area contributed by atoms with Crippen molar-refractivity contribution >= 4 is 7.60 Å². The van der Waals surface area contributed by atoms with Gasteiger partial charge in [-0.2, -0.15) is 0 Å². The Labute approximate surface area is 129 Å². The molecule has 0 aromatic heterocycles. The topological polar surface area (TPSA) is 66.8 Å². The highest BCUT2D eigenvalue weighted by Gasteiger charge is 2.21. The van der Waals surface area contributed by atoms with E-state index in [4.69, 9.17) is 14.5 Å². The van der Waals surface area contributed by atoms with E-state index in [0.29, 0.717) is 6.61 Å². The van der Waals surface area contributed by atoms with Crippen molar-refractivity contribution in [3.05, 3.63) is 0 Å². The minimum absolute atomic E-state index is 0.118. The number of hydrogen-bond acceptors (Lipinski definition) is 2. The van der Waals surface area contributed by atoms with Crippen LogP contribution >= 0.6 is 7.60 Å². The first kappa shape index (κ1) is 19.2. The molecule has 1 aliphatic rings. The van der Waals surface area contributed by atoms with Gasteiger partial charge in [0.25, 0.3) is 0 Å². The molecule has 0 bridgehead atoms. The molecule has 1 fully saturated rings. The Kier molecular flexibility index (Phi) is 10.6. The largest absolute Gasteiger partial charge is 0.378 e. The van der Waals surface area contributed by atoms with E-state index in [2.05, 4.69) is 0 Å². The van der Waals surface area contributed by atoms with Gasteiger partial charge in [0.05, 0.1) is 12.3 Å². The van der Waals surface area contributed by atoms with Crippen LogP contribution in [-0.2, 0) is 9.30 Å². The first-order chi connectivity index (χ1) is 10.1. The summed E-state index contributed by atoms with van der Waals surface area (Å²) < 4.78 is 16.9. The quantitative estimate of drug-likeness (QED) is 0.728. The molecule has 0 saturated carbocycles. The molecule has 0 spiro atoms. The van der Waals surface area contributed by atoms with Gasteiger partial charge in [-0.05, 0) is 12.8 Å². The molecular formula is C16H33O4P. The van der Waals surface area contributed by atoms with Gasteiger partial charge < -0.3 is 14.5 Å². The molecule has 21 heavy (non-hydrogen) atoms. The van der Waals surface area contributed by atoms with Crippen molar-refractivity contribution in [3.63, 3.8) is 0 Å². The van der Waals surface area contributed by atoms with Gasteiger partial charge in [0.2, 0.25) is 0 Å². The van der Waals surface area contributed by atoms with E-state index < -0.39 is 7.60 Å². The summed E-state index contributed by atoms with van der Waals surface area (Å²) >= 11 is 0. The predicted octanol–water partition coefficient (Wildman–Crippen LogP) is 4.63. The lowest BCUT2D eigenvalue weighted by Crippen LogP contribution is -2.19. The van der Waals surface area contributed by atoms with E-state index in [1.807, 2.05) is 0 Å². The SMILES string of the molecule is O=P(O)(O)CC1CCCCCCCCCCCCCCO1. The third kappa shape index (κ3) is 12.3. The van der Waals surface area contributed by atoms with Crippen LogP contribution in [0.25, 0.3) is 0 Å². The molecule has 2 N–H and O–H groups in total. The van der Waals surface area contributed by atoms with Gasteiger partial charge in [-0.3, -0.25) is 4.57 Å². The van der Waals surface area contributed by atoms with Crippen LogP contribution in [0.15, 0.2) is 0 Å². The van der Waals surface area contributed by atoms with Crippen molar-refractivity contribution in [2.75, 3.05) is 12.8 Å². The Morgan fingerprint density at radius 2 is 1.19 bits per heavy atom. The van der Waals surface area contributed by atoms with Crippen molar-refractivity contribution in [2.45, 2.75) is 89.6 Å². The van der Waals surface area contributed by atoms with Gasteiger partial charge in [0.15, 0.2) is 0 Å². The molecular weight excluding hydrogens is 287 g/mol. The van der Waals surface area contributed by atoms with Crippen LogP contribution in [-0.4, -0.2) is 28.7 Å². The first-order valence-electron chi connectivity index (χ1n) is 8.74. The summed E-state index contributed by atoms with van der Waals surface area (Å²) in [6.07, 6.45) is 15.3. The van der Waals surface area contributed by atoms with Gasteiger partial charge in [-0.25, -0.2) is 0 Å². The maximum atomic E-state index is 11.2. The fourth-order valence-electron chi connectivity index (χ4n) is 2.98. The van der Waals surface area contributed by atoms with E-state index in [-0.39, 0.29) is 12.3 Å². The summed E-state index contributed by atoms with van der Waals surface area (Å²) in [5, 5.41) is 0. The van der Waals surface area contributed by atoms with Crippen molar-refractivity contribution < 1.29 is 19.1 Å². The lowest BCUT2D eigenvalue weighted by atomic mass is 10.0. The van der Waals surface area contributed by atoms with Crippen LogP contribution in [0.5, 0.6) is 0 Å². The molecule has 0 aromatic rings. The smallest absolute Gasteiger partial charge is 0.328 e. The Morgan fingerprint density at radius 1 is 0.762 bits per heavy atom. The van der Waals surface area contributed by atoms with Crippen molar-refractivity contribution in [1.82, 2.24) is 0 Å². The Morgan fingerprint density at radius 3 is 1.67 bits per heavy atom. The first-order valence-corrected chi connectivity index (χ1v) is 10.5. The molecule has 0 aromatic carbocycles. The summed E-state index contributed by atoms with van der Waals surface area (Å²) in [5.41, 5.74) is 0. The molecule has 1 rings (SSSR count). The fraction of sp³-hybridized carbons (Fsp3) is 1.00. The molecule has 1 atom stereocenters. The highest BCUT2D eigenvalue weighted by molar-refractivity contribution is 7.51. The third-order valence-electron chi connectivity index (χ3n) is 4.22. The predicted molar refractivity (Wildman–Crippen MR) is 86.7 cm³/mol. The van der Waals surface area contributed by atoms with Crippen LogP contribution < -0.4 is 0 Å². The second kappa shape index (κ2) is 11.6. The summed E-state index contributed by atoms with van der Waals surface area (Å²) in [7, 11) is -3.97. The van der Waals surface area contributed by atoms with E-state index in [1.165, 1.54) is 57.8 Å². The summed E-state index contributed by atoms with van der Waals surface area (Å²) in [5.74, 6) is 0. The maximum Gasteiger partial charge on any atom is 0.328 e. The lowest BCUT2D eigenvalue weighted by Gasteiger charge is -2.18. The second-order valence-electron chi connectivity index (χ2n) is 6.37. The zero-order valence-corrected chi connectivity index (χ0v) is 14.2. The minimum Gasteiger partial charge on any atom is -0.378 e. The third-order valence-corrected chi connectivity index (χ3v) is 5.10. The fourth-order valence-corrected chi connectivity index (χ4v) is 3.80. The summed E-state index contributed by atoms with van der Waals surface area (Å²) in [4.78, 5) is 18.3. The average Bonchev–Trinajstić information content (AvgIpc) is 2.39. The highest BCUT2D eigenvalue weighted by atomic mass is 31.2. The molecule has 1 heterocycles. The normalized spacial score (nSPS) is 25.5. The summed E-state index contributed by atoms with van der Waals surface area (Å²) in [6.45, 7) is 0.644. The Balaban J connectivity index is 2.32. The van der Waals surface area contributed by atoms with Crippen molar-refractivity contribution in [3.8, 4) is 0 Å². The van der Waals surface area contributed by atoms with Gasteiger partial charge >= 0.3 is 7.60 Å². The van der Waals surface area contributed by atoms with E-state index in [1.54, 1.807) is 0 Å². The number of hydrogen-bond donors (Lipinski definition) is 2. The molecule has 0 amide bonds. The molecule has 126 valence electrons. The second-order valence-corrected chi connectivity index (χ2v) is 8.07. The monoisotopic (exact) mass is 320 g/mol. The maximum absolute atomic E-state index is 11.2. The number of ether oxygens (including phenoxy) is 1. The Hall–Kier alpha value is 0.110. The van der Waals surface area contributed by atoms with Crippen LogP contribution in [0.1, 0.15) is 83.5 Å². The molecule has 0 aliphatic carbocycles. The zero-order chi connectivity index (χ0) is 15.4. The zero-order valence-electron chi connectivity index (χ0n) is 13.3. The standard InChI is InChI=1S/C16H33O4P/c17-21(18,19)15-16-13-11-9-7-5-3-1-2-4-6-8-10-12-14-20-16/h16H,1-15H2,(H2,17,18,19). The van der Waals surface area contributed by atoms with Crippen LogP contribution in [0, 0.1) is 0 Å². The Bertz CT molecular complexity index is 274. The summed E-state index contributed by atoms with van der Waals surface area (Å²) in [6, 6.07) is 0. The molecule has 4 nitrogen and oxygen atoms in total. The molecule has 5 heteroatoms. The van der Waals surface area contributed by atoms with Crippen molar-refractivity contribution in [2.24, 2.45) is 0 Å². The van der Waals surface area contributed by atoms with E-state index in [0.717, 1.165) is 25.7 Å². The van der Waals surface area contributed by atoms with Gasteiger partial charge in [-0.15, -0.1) is 0 Å². The van der Waals surface area contributed by atoms with Crippen LogP contribution in [0.2, 0.25) is 0 Å². The molecule has 1 aliphatic heterocycles. The van der Waals surface area contributed by atoms with E-state index >= 15 is 0 Å². The lowest BCUT2D eigenvalue weighted by molar-refractivity contribution is 0.0546. The van der Waals surface area contributed by atoms with Gasteiger partial charge in [0.1, 0.15) is 0 Å².